The van der Waals surface area contributed by atoms with Crippen molar-refractivity contribution in [1.29, 1.82) is 0 Å². The molecule has 13 heavy (non-hydrogen) atoms. The number of ketones is 1. The second-order valence-electron chi connectivity index (χ2n) is 4.33. The van der Waals surface area contributed by atoms with Crippen LogP contribution in [-0.2, 0) is 7.05 Å². The van der Waals surface area contributed by atoms with E-state index >= 15 is 0 Å². The second-order valence-corrected chi connectivity index (χ2v) is 4.33. The van der Waals surface area contributed by atoms with Crippen LogP contribution in [0.25, 0.3) is 0 Å². The quantitative estimate of drug-likeness (QED) is 0.637. The van der Waals surface area contributed by atoms with Crippen LogP contribution in [0.5, 0.6) is 0 Å². The van der Waals surface area contributed by atoms with Gasteiger partial charge in [0, 0.05) is 13.0 Å². The van der Waals surface area contributed by atoms with Gasteiger partial charge in [0.2, 0.25) is 0 Å². The van der Waals surface area contributed by atoms with Crippen molar-refractivity contribution in [2.75, 3.05) is 0 Å². The molecule has 4 nitrogen and oxygen atoms in total. The highest BCUT2D eigenvalue weighted by molar-refractivity contribution is 5.98. The van der Waals surface area contributed by atoms with Gasteiger partial charge < -0.3 is 0 Å². The standard InChI is InChI=1S/C9H13N3O/c1-9(2)4-6(9)8(13)7-5-10-12(3)11-7/h5-6H,4H2,1-3H3. The van der Waals surface area contributed by atoms with Crippen molar-refractivity contribution in [2.24, 2.45) is 18.4 Å². The minimum absolute atomic E-state index is 0.137. The first kappa shape index (κ1) is 8.41. The van der Waals surface area contributed by atoms with E-state index in [1.165, 1.54) is 11.0 Å². The lowest BCUT2D eigenvalue weighted by molar-refractivity contribution is 0.0947. The van der Waals surface area contributed by atoms with Crippen LogP contribution in [0.3, 0.4) is 0 Å². The van der Waals surface area contributed by atoms with Gasteiger partial charge in [-0.2, -0.15) is 15.0 Å². The van der Waals surface area contributed by atoms with E-state index in [0.29, 0.717) is 5.69 Å². The molecule has 0 bridgehead atoms. The molecule has 2 rings (SSSR count). The summed E-state index contributed by atoms with van der Waals surface area (Å²) in [7, 11) is 1.72. The first-order valence-corrected chi connectivity index (χ1v) is 4.41. The van der Waals surface area contributed by atoms with Gasteiger partial charge in [-0.3, -0.25) is 4.79 Å². The van der Waals surface area contributed by atoms with Crippen LogP contribution >= 0.6 is 0 Å². The SMILES string of the molecule is Cn1ncc(C(=O)C2CC2(C)C)n1. The number of carbonyl (C=O) groups is 1. The molecular weight excluding hydrogens is 166 g/mol. The minimum atomic E-state index is 0.137. The lowest BCUT2D eigenvalue weighted by atomic mass is 10.1. The van der Waals surface area contributed by atoms with E-state index in [1.54, 1.807) is 7.05 Å². The van der Waals surface area contributed by atoms with Gasteiger partial charge in [-0.25, -0.2) is 0 Å². The maximum atomic E-state index is 11.7. The van der Waals surface area contributed by atoms with Crippen molar-refractivity contribution in [3.8, 4) is 0 Å². The fraction of sp³-hybridized carbons (Fsp3) is 0.667. The first-order valence-electron chi connectivity index (χ1n) is 4.41. The summed E-state index contributed by atoms with van der Waals surface area (Å²) in [6.07, 6.45) is 2.51. The zero-order chi connectivity index (χ0) is 9.64. The molecule has 0 radical (unpaired) electrons. The van der Waals surface area contributed by atoms with Crippen molar-refractivity contribution in [1.82, 2.24) is 15.0 Å². The van der Waals surface area contributed by atoms with Crippen LogP contribution in [0.2, 0.25) is 0 Å². The average Bonchev–Trinajstić information content (AvgIpc) is 2.47. The third-order valence-corrected chi connectivity index (χ3v) is 2.68. The predicted molar refractivity (Wildman–Crippen MR) is 47.2 cm³/mol. The summed E-state index contributed by atoms with van der Waals surface area (Å²) in [5.41, 5.74) is 0.673. The molecule has 1 saturated carbocycles. The van der Waals surface area contributed by atoms with Gasteiger partial charge in [-0.1, -0.05) is 13.8 Å². The van der Waals surface area contributed by atoms with Gasteiger partial charge in [-0.05, 0) is 11.8 Å². The molecule has 1 aromatic heterocycles. The third-order valence-electron chi connectivity index (χ3n) is 2.68. The van der Waals surface area contributed by atoms with E-state index in [9.17, 15) is 4.79 Å². The Morgan fingerprint density at radius 3 is 2.69 bits per heavy atom. The zero-order valence-corrected chi connectivity index (χ0v) is 8.11. The largest absolute Gasteiger partial charge is 0.292 e. The molecule has 1 atom stereocenters. The summed E-state index contributed by atoms with van der Waals surface area (Å²) in [6, 6.07) is 0. The fourth-order valence-corrected chi connectivity index (χ4v) is 1.55. The molecule has 1 aliphatic carbocycles. The Morgan fingerprint density at radius 2 is 2.31 bits per heavy atom. The Morgan fingerprint density at radius 1 is 1.69 bits per heavy atom. The number of carbonyl (C=O) groups excluding carboxylic acids is 1. The van der Waals surface area contributed by atoms with Crippen molar-refractivity contribution in [3.63, 3.8) is 0 Å². The van der Waals surface area contributed by atoms with Crippen LogP contribution in [0.15, 0.2) is 6.20 Å². The third kappa shape index (κ3) is 1.36. The lowest BCUT2D eigenvalue weighted by Gasteiger charge is -1.98. The zero-order valence-electron chi connectivity index (χ0n) is 8.11. The average molecular weight is 179 g/mol. The number of aryl methyl sites for hydroxylation is 1. The summed E-state index contributed by atoms with van der Waals surface area (Å²) in [5, 5.41) is 7.87. The molecule has 4 heteroatoms. The van der Waals surface area contributed by atoms with Crippen LogP contribution in [-0.4, -0.2) is 20.8 Å². The molecular formula is C9H13N3O. The number of Topliss-reactive ketones (excluding diaryl/α,β-unsaturated/α-hetero) is 1. The summed E-state index contributed by atoms with van der Waals surface area (Å²) < 4.78 is 0. The maximum Gasteiger partial charge on any atom is 0.188 e. The number of nitrogens with zero attached hydrogens (tertiary/aromatic N) is 3. The van der Waals surface area contributed by atoms with Crippen LogP contribution < -0.4 is 0 Å². The number of rotatable bonds is 2. The molecule has 1 unspecified atom stereocenters. The van der Waals surface area contributed by atoms with Crippen LogP contribution in [0.4, 0.5) is 0 Å². The van der Waals surface area contributed by atoms with Gasteiger partial charge >= 0.3 is 0 Å². The minimum Gasteiger partial charge on any atom is -0.292 e. The summed E-state index contributed by atoms with van der Waals surface area (Å²) in [4.78, 5) is 13.1. The second kappa shape index (κ2) is 2.40. The molecule has 1 fully saturated rings. The summed E-state index contributed by atoms with van der Waals surface area (Å²) in [6.45, 7) is 4.21. The van der Waals surface area contributed by atoms with E-state index in [4.69, 9.17) is 0 Å². The number of hydrogen-bond acceptors (Lipinski definition) is 3. The first-order chi connectivity index (χ1) is 6.00. The van der Waals surface area contributed by atoms with E-state index in [0.717, 1.165) is 6.42 Å². The lowest BCUT2D eigenvalue weighted by Crippen LogP contribution is -2.07. The van der Waals surface area contributed by atoms with Crippen molar-refractivity contribution >= 4 is 5.78 Å². The van der Waals surface area contributed by atoms with Gasteiger partial charge in [-0.15, -0.1) is 0 Å². The molecule has 70 valence electrons. The van der Waals surface area contributed by atoms with E-state index in [2.05, 4.69) is 24.0 Å². The van der Waals surface area contributed by atoms with Gasteiger partial charge in [0.1, 0.15) is 5.69 Å². The topological polar surface area (TPSA) is 47.8 Å². The van der Waals surface area contributed by atoms with Gasteiger partial charge in [0.05, 0.1) is 6.20 Å². The smallest absolute Gasteiger partial charge is 0.188 e. The Labute approximate surface area is 76.9 Å². The normalized spacial score (nSPS) is 24.4. The Hall–Kier alpha value is -1.19. The number of aromatic nitrogens is 3. The maximum absolute atomic E-state index is 11.7. The molecule has 0 aromatic carbocycles. The highest BCUT2D eigenvalue weighted by Gasteiger charge is 2.51. The molecule has 1 aromatic rings. The van der Waals surface area contributed by atoms with Gasteiger partial charge in [0.25, 0.3) is 0 Å². The molecule has 0 spiro atoms. The van der Waals surface area contributed by atoms with Gasteiger partial charge in [0.15, 0.2) is 5.78 Å². The summed E-state index contributed by atoms with van der Waals surface area (Å²) in [5.74, 6) is 0.294. The van der Waals surface area contributed by atoms with Crippen LogP contribution in [0, 0.1) is 11.3 Å². The molecule has 0 N–H and O–H groups in total. The fourth-order valence-electron chi connectivity index (χ4n) is 1.55. The summed E-state index contributed by atoms with van der Waals surface area (Å²) >= 11 is 0. The monoisotopic (exact) mass is 179 g/mol. The highest BCUT2D eigenvalue weighted by atomic mass is 16.1. The highest BCUT2D eigenvalue weighted by Crippen LogP contribution is 2.52. The Balaban J connectivity index is 2.16. The molecule has 1 heterocycles. The number of hydrogen-bond donors (Lipinski definition) is 0. The van der Waals surface area contributed by atoms with Crippen molar-refractivity contribution in [2.45, 2.75) is 20.3 Å². The van der Waals surface area contributed by atoms with Crippen LogP contribution in [0.1, 0.15) is 30.8 Å². The Bertz CT molecular complexity index is 353. The van der Waals surface area contributed by atoms with E-state index in [1.807, 2.05) is 0 Å². The Kier molecular flexibility index (Phi) is 1.55. The van der Waals surface area contributed by atoms with Crippen molar-refractivity contribution < 1.29 is 4.79 Å². The molecule has 0 aliphatic heterocycles. The van der Waals surface area contributed by atoms with E-state index < -0.39 is 0 Å². The van der Waals surface area contributed by atoms with Crippen molar-refractivity contribution in [3.05, 3.63) is 11.9 Å². The molecule has 0 saturated heterocycles. The van der Waals surface area contributed by atoms with E-state index in [-0.39, 0.29) is 17.1 Å². The predicted octanol–water partition coefficient (Wildman–Crippen LogP) is 1.04. The molecule has 0 amide bonds. The molecule has 1 aliphatic rings.